The van der Waals surface area contributed by atoms with Crippen LogP contribution < -0.4 is 0 Å². The molecule has 0 aliphatic carbocycles. The van der Waals surface area contributed by atoms with Gasteiger partial charge in [0.05, 0.1) is 0 Å². The Bertz CT molecular complexity index is 267. The van der Waals surface area contributed by atoms with Crippen molar-refractivity contribution in [2.45, 2.75) is 66.1 Å². The molecule has 0 spiro atoms. The summed E-state index contributed by atoms with van der Waals surface area (Å²) in [6.45, 7) is 9.60. The number of hydrogen-bond donors (Lipinski definition) is 1. The van der Waals surface area contributed by atoms with Gasteiger partial charge < -0.3 is 9.84 Å². The highest BCUT2D eigenvalue weighted by molar-refractivity contribution is 5.82. The van der Waals surface area contributed by atoms with E-state index >= 15 is 0 Å². The Morgan fingerprint density at radius 3 is 2.41 bits per heavy atom. The maximum Gasteiger partial charge on any atom is 0.333 e. The van der Waals surface area contributed by atoms with Crippen molar-refractivity contribution in [2.75, 3.05) is 0 Å². The number of unbranched alkanes of at least 4 members (excludes halogenated alkanes) is 1. The normalized spacial score (nSPS) is 15.9. The molecule has 0 bridgehead atoms. The molecule has 0 fully saturated rings. The Morgan fingerprint density at radius 1 is 1.41 bits per heavy atom. The fourth-order valence-corrected chi connectivity index (χ4v) is 1.59. The minimum Gasteiger partial charge on any atom is -0.430 e. The Balaban J connectivity index is 4.69. The predicted octanol–water partition coefficient (Wildman–Crippen LogP) is 3.42. The van der Waals surface area contributed by atoms with E-state index in [1.165, 1.54) is 6.08 Å². The molecule has 0 aromatic carbocycles. The number of aliphatic hydroxyl groups is 1. The molecular formula is C14H26O3. The number of ether oxygens (including phenoxy) is 1. The lowest BCUT2D eigenvalue weighted by Crippen LogP contribution is -2.41. The highest BCUT2D eigenvalue weighted by Gasteiger charge is 2.35. The van der Waals surface area contributed by atoms with Gasteiger partial charge in [0.25, 0.3) is 0 Å². The molecular weight excluding hydrogens is 216 g/mol. The average molecular weight is 242 g/mol. The van der Waals surface area contributed by atoms with Crippen molar-refractivity contribution in [3.63, 3.8) is 0 Å². The third kappa shape index (κ3) is 5.87. The third-order valence-corrected chi connectivity index (χ3v) is 2.95. The van der Waals surface area contributed by atoms with E-state index in [0.29, 0.717) is 6.42 Å². The Morgan fingerprint density at radius 2 is 2.00 bits per heavy atom. The maximum absolute atomic E-state index is 11.6. The molecule has 0 aliphatic rings. The molecule has 0 heterocycles. The summed E-state index contributed by atoms with van der Waals surface area (Å²) in [6.07, 6.45) is 4.52. The van der Waals surface area contributed by atoms with E-state index in [1.54, 1.807) is 0 Å². The highest BCUT2D eigenvalue weighted by atomic mass is 16.7. The topological polar surface area (TPSA) is 46.5 Å². The zero-order valence-corrected chi connectivity index (χ0v) is 11.7. The zero-order chi connectivity index (χ0) is 13.5. The summed E-state index contributed by atoms with van der Waals surface area (Å²) in [5, 5.41) is 10.4. The monoisotopic (exact) mass is 242 g/mol. The van der Waals surface area contributed by atoms with Crippen LogP contribution in [0.25, 0.3) is 0 Å². The van der Waals surface area contributed by atoms with Gasteiger partial charge in [0.15, 0.2) is 0 Å². The van der Waals surface area contributed by atoms with Crippen molar-refractivity contribution in [1.29, 1.82) is 0 Å². The number of esters is 1. The fraction of sp³-hybridized carbons (Fsp3) is 0.786. The number of carbonyl (C=O) groups is 1. The molecule has 17 heavy (non-hydrogen) atoms. The molecule has 0 aliphatic heterocycles. The molecule has 0 rings (SSSR count). The molecule has 1 N–H and O–H groups in total. The summed E-state index contributed by atoms with van der Waals surface area (Å²) in [4.78, 5) is 11.6. The lowest BCUT2D eigenvalue weighted by molar-refractivity contribution is -0.229. The second-order valence-electron chi connectivity index (χ2n) is 4.90. The van der Waals surface area contributed by atoms with Gasteiger partial charge in [0.1, 0.15) is 0 Å². The molecule has 0 saturated carbocycles. The molecule has 3 nitrogen and oxygen atoms in total. The van der Waals surface area contributed by atoms with Crippen LogP contribution in [0.15, 0.2) is 11.6 Å². The van der Waals surface area contributed by atoms with Crippen LogP contribution in [0.1, 0.15) is 60.3 Å². The van der Waals surface area contributed by atoms with E-state index < -0.39 is 11.8 Å². The van der Waals surface area contributed by atoms with E-state index in [0.717, 1.165) is 24.8 Å². The average Bonchev–Trinajstić information content (AvgIpc) is 2.23. The zero-order valence-electron chi connectivity index (χ0n) is 11.7. The van der Waals surface area contributed by atoms with Crippen molar-refractivity contribution in [2.24, 2.45) is 5.92 Å². The lowest BCUT2D eigenvalue weighted by atomic mass is 9.93. The van der Waals surface area contributed by atoms with Gasteiger partial charge in [-0.1, -0.05) is 32.8 Å². The van der Waals surface area contributed by atoms with Crippen LogP contribution in [-0.2, 0) is 9.53 Å². The van der Waals surface area contributed by atoms with E-state index in [-0.39, 0.29) is 5.92 Å². The van der Waals surface area contributed by atoms with Crippen LogP contribution in [0.3, 0.4) is 0 Å². The van der Waals surface area contributed by atoms with Gasteiger partial charge in [-0.2, -0.15) is 0 Å². The lowest BCUT2D eigenvalue weighted by Gasteiger charge is -2.32. The number of rotatable bonds is 7. The first-order valence-electron chi connectivity index (χ1n) is 6.46. The number of hydrogen-bond acceptors (Lipinski definition) is 3. The summed E-state index contributed by atoms with van der Waals surface area (Å²) >= 11 is 0. The van der Waals surface area contributed by atoms with Gasteiger partial charge in [-0.15, -0.1) is 0 Å². The first kappa shape index (κ1) is 16.2. The Hall–Kier alpha value is -0.830. The molecule has 0 radical (unpaired) electrons. The largest absolute Gasteiger partial charge is 0.430 e. The predicted molar refractivity (Wildman–Crippen MR) is 69.5 cm³/mol. The maximum atomic E-state index is 11.6. The van der Waals surface area contributed by atoms with Crippen LogP contribution >= 0.6 is 0 Å². The van der Waals surface area contributed by atoms with E-state index in [9.17, 15) is 9.90 Å². The van der Waals surface area contributed by atoms with Crippen LogP contribution in [0.2, 0.25) is 0 Å². The molecule has 3 heteroatoms. The van der Waals surface area contributed by atoms with Crippen molar-refractivity contribution in [1.82, 2.24) is 0 Å². The van der Waals surface area contributed by atoms with E-state index in [1.807, 2.05) is 27.7 Å². The van der Waals surface area contributed by atoms with Crippen LogP contribution in [0.4, 0.5) is 0 Å². The molecule has 100 valence electrons. The summed E-state index contributed by atoms with van der Waals surface area (Å²) in [5.41, 5.74) is 0.872. The minimum atomic E-state index is -1.33. The van der Waals surface area contributed by atoms with E-state index in [2.05, 4.69) is 6.92 Å². The molecule has 2 unspecified atom stereocenters. The molecule has 0 aromatic rings. The Labute approximate surface area is 105 Å². The van der Waals surface area contributed by atoms with Gasteiger partial charge in [-0.25, -0.2) is 4.79 Å². The summed E-state index contributed by atoms with van der Waals surface area (Å²) in [7, 11) is 0. The van der Waals surface area contributed by atoms with Crippen molar-refractivity contribution in [3.05, 3.63) is 11.6 Å². The van der Waals surface area contributed by atoms with Crippen LogP contribution in [0, 0.1) is 5.92 Å². The SMILES string of the molecule is CCCCC(O)(OC(=O)C=C(C)C)C(C)CC. The van der Waals surface area contributed by atoms with Crippen molar-refractivity contribution in [3.8, 4) is 0 Å². The van der Waals surface area contributed by atoms with E-state index in [4.69, 9.17) is 4.74 Å². The molecule has 2 atom stereocenters. The number of allylic oxidation sites excluding steroid dienone is 1. The van der Waals surface area contributed by atoms with Crippen LogP contribution in [-0.4, -0.2) is 16.9 Å². The summed E-state index contributed by atoms with van der Waals surface area (Å²) < 4.78 is 5.24. The first-order valence-corrected chi connectivity index (χ1v) is 6.46. The Kier molecular flexibility index (Phi) is 7.12. The molecule has 0 saturated heterocycles. The third-order valence-electron chi connectivity index (χ3n) is 2.95. The highest BCUT2D eigenvalue weighted by Crippen LogP contribution is 2.28. The summed E-state index contributed by atoms with van der Waals surface area (Å²) in [5.74, 6) is -1.83. The van der Waals surface area contributed by atoms with Crippen LogP contribution in [0.5, 0.6) is 0 Å². The summed E-state index contributed by atoms with van der Waals surface area (Å²) in [6, 6.07) is 0. The van der Waals surface area contributed by atoms with Gasteiger partial charge >= 0.3 is 5.97 Å². The smallest absolute Gasteiger partial charge is 0.333 e. The first-order chi connectivity index (χ1) is 7.85. The van der Waals surface area contributed by atoms with Gasteiger partial charge in [0.2, 0.25) is 5.79 Å². The molecule has 0 amide bonds. The standard InChI is InChI=1S/C14H26O3/c1-6-8-9-14(16,12(5)7-2)17-13(15)10-11(3)4/h10,12,16H,6-9H2,1-5H3. The van der Waals surface area contributed by atoms with Gasteiger partial charge in [-0.3, -0.25) is 0 Å². The minimum absolute atomic E-state index is 0.0523. The number of carbonyl (C=O) groups excluding carboxylic acids is 1. The van der Waals surface area contributed by atoms with Gasteiger partial charge in [0, 0.05) is 18.4 Å². The second kappa shape index (κ2) is 7.49. The quantitative estimate of drug-likeness (QED) is 0.423. The second-order valence-corrected chi connectivity index (χ2v) is 4.90. The van der Waals surface area contributed by atoms with Crippen molar-refractivity contribution >= 4 is 5.97 Å². The fourth-order valence-electron chi connectivity index (χ4n) is 1.59. The molecule has 0 aromatic heterocycles. The van der Waals surface area contributed by atoms with Gasteiger partial charge in [-0.05, 0) is 26.7 Å². The van der Waals surface area contributed by atoms with Crippen molar-refractivity contribution < 1.29 is 14.6 Å².